The molecule has 3 heterocycles. The third kappa shape index (κ3) is 4.67. The molecule has 0 spiro atoms. The van der Waals surface area contributed by atoms with Crippen LogP contribution in [0, 0.1) is 6.92 Å². The van der Waals surface area contributed by atoms with Gasteiger partial charge >= 0.3 is 0 Å². The Labute approximate surface area is 188 Å². The Morgan fingerprint density at radius 2 is 2.16 bits per heavy atom. The number of thiazole rings is 1. The molecule has 0 unspecified atom stereocenters. The van der Waals surface area contributed by atoms with Crippen molar-refractivity contribution in [1.29, 1.82) is 0 Å². The van der Waals surface area contributed by atoms with Gasteiger partial charge in [-0.2, -0.15) is 5.10 Å². The standard InChI is InChI=1S/C21H21ClN6O2S/c1-3-4-9-17(19(29)27-21-26-13(2)11-31-21)30-20-14-10-25-28(18(14)23-12-24-20)16-8-6-5-7-15(16)22/h5-8,10-12,17H,3-4,9H2,1-2H3,(H,26,27,29)/t17-/m0/s1. The van der Waals surface area contributed by atoms with Crippen LogP contribution < -0.4 is 10.1 Å². The molecule has 0 aliphatic rings. The zero-order chi connectivity index (χ0) is 21.8. The normalized spacial score (nSPS) is 12.1. The van der Waals surface area contributed by atoms with Gasteiger partial charge in [-0.05, 0) is 31.9 Å². The van der Waals surface area contributed by atoms with Crippen LogP contribution in [0.4, 0.5) is 5.13 Å². The fourth-order valence-corrected chi connectivity index (χ4v) is 3.99. The lowest BCUT2D eigenvalue weighted by Gasteiger charge is -2.17. The van der Waals surface area contributed by atoms with Crippen molar-refractivity contribution in [2.75, 3.05) is 5.32 Å². The van der Waals surface area contributed by atoms with Gasteiger partial charge in [-0.3, -0.25) is 10.1 Å². The minimum Gasteiger partial charge on any atom is -0.464 e. The summed E-state index contributed by atoms with van der Waals surface area (Å²) in [4.78, 5) is 25.8. The Balaban J connectivity index is 1.63. The first-order valence-electron chi connectivity index (χ1n) is 9.90. The van der Waals surface area contributed by atoms with Crippen molar-refractivity contribution in [3.63, 3.8) is 0 Å². The van der Waals surface area contributed by atoms with Gasteiger partial charge in [0.2, 0.25) is 5.88 Å². The van der Waals surface area contributed by atoms with Gasteiger partial charge in [-0.1, -0.05) is 37.1 Å². The second-order valence-corrected chi connectivity index (χ2v) is 8.22. The van der Waals surface area contributed by atoms with Gasteiger partial charge in [0, 0.05) is 5.38 Å². The summed E-state index contributed by atoms with van der Waals surface area (Å²) in [7, 11) is 0. The highest BCUT2D eigenvalue weighted by Crippen LogP contribution is 2.28. The zero-order valence-corrected chi connectivity index (χ0v) is 18.7. The molecule has 1 amide bonds. The summed E-state index contributed by atoms with van der Waals surface area (Å²) >= 11 is 7.70. The van der Waals surface area contributed by atoms with Crippen molar-refractivity contribution in [1.82, 2.24) is 24.7 Å². The Morgan fingerprint density at radius 3 is 2.90 bits per heavy atom. The van der Waals surface area contributed by atoms with E-state index in [1.165, 1.54) is 17.7 Å². The van der Waals surface area contributed by atoms with Crippen molar-refractivity contribution < 1.29 is 9.53 Å². The molecule has 10 heteroatoms. The van der Waals surface area contributed by atoms with Gasteiger partial charge in [0.1, 0.15) is 11.7 Å². The molecule has 0 bridgehead atoms. The first-order valence-corrected chi connectivity index (χ1v) is 11.2. The average Bonchev–Trinajstić information content (AvgIpc) is 3.38. The molecule has 0 radical (unpaired) electrons. The Kier molecular flexibility index (Phi) is 6.43. The fraction of sp³-hybridized carbons (Fsp3) is 0.286. The average molecular weight is 457 g/mol. The van der Waals surface area contributed by atoms with E-state index in [2.05, 4.69) is 32.3 Å². The summed E-state index contributed by atoms with van der Waals surface area (Å²) < 4.78 is 7.71. The number of amides is 1. The number of aromatic nitrogens is 5. The number of hydrogen-bond donors (Lipinski definition) is 1. The number of aryl methyl sites for hydroxylation is 1. The topological polar surface area (TPSA) is 94.8 Å². The first kappa shape index (κ1) is 21.2. The lowest BCUT2D eigenvalue weighted by Crippen LogP contribution is -2.33. The SMILES string of the molecule is CCCC[C@H](Oc1ncnc2c1cnn2-c1ccccc1Cl)C(=O)Nc1nc(C)cs1. The Morgan fingerprint density at radius 1 is 1.32 bits per heavy atom. The van der Waals surface area contributed by atoms with Gasteiger partial charge in [0.25, 0.3) is 5.91 Å². The number of carbonyl (C=O) groups excluding carboxylic acids is 1. The number of para-hydroxylation sites is 1. The molecular formula is C21H21ClN6O2S. The van der Waals surface area contributed by atoms with Crippen molar-refractivity contribution in [2.45, 2.75) is 39.2 Å². The molecule has 0 saturated heterocycles. The van der Waals surface area contributed by atoms with Crippen molar-refractivity contribution in [3.8, 4) is 11.6 Å². The van der Waals surface area contributed by atoms with Crippen LogP contribution in [0.2, 0.25) is 5.02 Å². The predicted molar refractivity (Wildman–Crippen MR) is 121 cm³/mol. The molecule has 0 aliphatic heterocycles. The minimum absolute atomic E-state index is 0.256. The quantitative estimate of drug-likeness (QED) is 0.408. The highest BCUT2D eigenvalue weighted by molar-refractivity contribution is 7.13. The van der Waals surface area contributed by atoms with Gasteiger partial charge in [0.05, 0.1) is 22.6 Å². The van der Waals surface area contributed by atoms with E-state index in [4.69, 9.17) is 16.3 Å². The number of nitrogens with zero attached hydrogens (tertiary/aromatic N) is 5. The highest BCUT2D eigenvalue weighted by atomic mass is 35.5. The van der Waals surface area contributed by atoms with E-state index >= 15 is 0 Å². The van der Waals surface area contributed by atoms with Crippen molar-refractivity contribution >= 4 is 45.0 Å². The van der Waals surface area contributed by atoms with Gasteiger partial charge in [-0.25, -0.2) is 19.6 Å². The molecular weight excluding hydrogens is 436 g/mol. The van der Waals surface area contributed by atoms with Crippen LogP contribution in [0.5, 0.6) is 5.88 Å². The molecule has 0 saturated carbocycles. The summed E-state index contributed by atoms with van der Waals surface area (Å²) in [6, 6.07) is 7.36. The van der Waals surface area contributed by atoms with E-state index in [0.29, 0.717) is 39.2 Å². The maximum atomic E-state index is 12.9. The van der Waals surface area contributed by atoms with E-state index in [9.17, 15) is 4.79 Å². The molecule has 4 aromatic rings. The van der Waals surface area contributed by atoms with Gasteiger partial charge in [-0.15, -0.1) is 11.3 Å². The molecule has 3 aromatic heterocycles. The van der Waals surface area contributed by atoms with E-state index in [-0.39, 0.29) is 5.91 Å². The molecule has 1 aromatic carbocycles. The van der Waals surface area contributed by atoms with Crippen LogP contribution in [0.25, 0.3) is 16.7 Å². The Hall–Kier alpha value is -3.04. The van der Waals surface area contributed by atoms with Crippen molar-refractivity contribution in [2.24, 2.45) is 0 Å². The summed E-state index contributed by atoms with van der Waals surface area (Å²) in [5.74, 6) is 0.0444. The second-order valence-electron chi connectivity index (χ2n) is 6.96. The summed E-state index contributed by atoms with van der Waals surface area (Å²) in [5, 5.41) is 10.8. The first-order chi connectivity index (χ1) is 15.1. The van der Waals surface area contributed by atoms with Gasteiger partial charge < -0.3 is 4.74 Å². The lowest BCUT2D eigenvalue weighted by atomic mass is 10.1. The zero-order valence-electron chi connectivity index (χ0n) is 17.1. The largest absolute Gasteiger partial charge is 0.464 e. The van der Waals surface area contributed by atoms with Crippen LogP contribution in [0.3, 0.4) is 0 Å². The fourth-order valence-electron chi connectivity index (χ4n) is 3.08. The molecule has 1 atom stereocenters. The maximum Gasteiger partial charge on any atom is 0.267 e. The van der Waals surface area contributed by atoms with E-state index in [1.807, 2.05) is 30.5 Å². The molecule has 8 nitrogen and oxygen atoms in total. The number of unbranched alkanes of at least 4 members (excludes halogenated alkanes) is 1. The molecule has 31 heavy (non-hydrogen) atoms. The third-order valence-corrected chi connectivity index (χ3v) is 5.82. The number of hydrogen-bond acceptors (Lipinski definition) is 7. The molecule has 4 rings (SSSR count). The van der Waals surface area contributed by atoms with Crippen LogP contribution in [0.1, 0.15) is 31.9 Å². The number of ether oxygens (including phenoxy) is 1. The maximum absolute atomic E-state index is 12.9. The number of benzene rings is 1. The monoisotopic (exact) mass is 456 g/mol. The minimum atomic E-state index is -0.717. The highest BCUT2D eigenvalue weighted by Gasteiger charge is 2.24. The predicted octanol–water partition coefficient (Wildman–Crippen LogP) is 4.81. The number of carbonyl (C=O) groups is 1. The van der Waals surface area contributed by atoms with Gasteiger partial charge in [0.15, 0.2) is 16.9 Å². The molecule has 0 aliphatic carbocycles. The van der Waals surface area contributed by atoms with E-state index in [1.54, 1.807) is 16.9 Å². The van der Waals surface area contributed by atoms with E-state index < -0.39 is 6.10 Å². The third-order valence-electron chi connectivity index (χ3n) is 4.63. The number of anilines is 1. The number of halogens is 1. The smallest absolute Gasteiger partial charge is 0.267 e. The molecule has 160 valence electrons. The molecule has 0 fully saturated rings. The summed E-state index contributed by atoms with van der Waals surface area (Å²) in [6.07, 6.45) is 4.62. The van der Waals surface area contributed by atoms with Crippen LogP contribution in [0.15, 0.2) is 42.2 Å². The van der Waals surface area contributed by atoms with Crippen LogP contribution in [-0.4, -0.2) is 36.7 Å². The number of nitrogens with one attached hydrogen (secondary N) is 1. The van der Waals surface area contributed by atoms with Crippen molar-refractivity contribution in [3.05, 3.63) is 52.9 Å². The van der Waals surface area contributed by atoms with Crippen LogP contribution >= 0.6 is 22.9 Å². The Bertz CT molecular complexity index is 1210. The van der Waals surface area contributed by atoms with E-state index in [0.717, 1.165) is 18.5 Å². The van der Waals surface area contributed by atoms with Crippen LogP contribution in [-0.2, 0) is 4.79 Å². The summed E-state index contributed by atoms with van der Waals surface area (Å²) in [6.45, 7) is 3.95. The second kappa shape index (κ2) is 9.40. The number of rotatable bonds is 8. The molecule has 1 N–H and O–H groups in total. The summed E-state index contributed by atoms with van der Waals surface area (Å²) in [5.41, 5.74) is 2.10. The number of fused-ring (bicyclic) bond motifs is 1. The lowest BCUT2D eigenvalue weighted by molar-refractivity contribution is -0.123.